The number of ether oxygens (including phenoxy) is 1. The lowest BCUT2D eigenvalue weighted by Gasteiger charge is -2.14. The number of carbonyl (C=O) groups excluding carboxylic acids is 1. The lowest BCUT2D eigenvalue weighted by molar-refractivity contribution is 0.0697. The van der Waals surface area contributed by atoms with Gasteiger partial charge in [0.05, 0.1) is 5.56 Å². The number of nitrogens with two attached hydrogens (primary N) is 1. The molecular formula is C25H22N2O4. The van der Waals surface area contributed by atoms with E-state index in [1.165, 1.54) is 17.2 Å². The Balaban J connectivity index is 1.35. The van der Waals surface area contributed by atoms with Crippen molar-refractivity contribution in [2.45, 2.75) is 5.92 Å². The average molecular weight is 414 g/mol. The molecule has 0 spiro atoms. The zero-order valence-electron chi connectivity index (χ0n) is 16.7. The average Bonchev–Trinajstić information content (AvgIpc) is 3.09. The maximum absolute atomic E-state index is 12.2. The SMILES string of the molecule is Nc1cccc(C=CCNC(=O)OCC2c3ccccc3-c3ccccc32)c1C(=O)O. The molecule has 4 rings (SSSR count). The first kappa shape index (κ1) is 20.2. The van der Waals surface area contributed by atoms with Crippen LogP contribution in [-0.4, -0.2) is 30.3 Å². The molecule has 156 valence electrons. The largest absolute Gasteiger partial charge is 0.478 e. The van der Waals surface area contributed by atoms with Crippen LogP contribution >= 0.6 is 0 Å². The molecule has 1 aliphatic carbocycles. The van der Waals surface area contributed by atoms with Crippen molar-refractivity contribution in [3.63, 3.8) is 0 Å². The maximum atomic E-state index is 12.2. The zero-order chi connectivity index (χ0) is 21.8. The third-order valence-corrected chi connectivity index (χ3v) is 5.35. The number of anilines is 1. The smallest absolute Gasteiger partial charge is 0.407 e. The Hall–Kier alpha value is -4.06. The molecule has 0 fully saturated rings. The monoisotopic (exact) mass is 414 g/mol. The summed E-state index contributed by atoms with van der Waals surface area (Å²) in [6.45, 7) is 0.437. The number of nitrogen functional groups attached to an aromatic ring is 1. The van der Waals surface area contributed by atoms with Crippen LogP contribution in [-0.2, 0) is 4.74 Å². The molecule has 6 nitrogen and oxygen atoms in total. The molecule has 4 N–H and O–H groups in total. The number of carbonyl (C=O) groups is 2. The second-order valence-electron chi connectivity index (χ2n) is 7.23. The van der Waals surface area contributed by atoms with E-state index in [0.717, 1.165) is 11.1 Å². The van der Waals surface area contributed by atoms with Gasteiger partial charge >= 0.3 is 12.1 Å². The van der Waals surface area contributed by atoms with Crippen molar-refractivity contribution in [2.24, 2.45) is 0 Å². The Morgan fingerprint density at radius 3 is 2.26 bits per heavy atom. The minimum atomic E-state index is -1.10. The molecule has 3 aromatic rings. The van der Waals surface area contributed by atoms with E-state index in [9.17, 15) is 14.7 Å². The zero-order valence-corrected chi connectivity index (χ0v) is 16.7. The van der Waals surface area contributed by atoms with E-state index < -0.39 is 12.1 Å². The number of hydrogen-bond donors (Lipinski definition) is 3. The molecule has 0 saturated carbocycles. The van der Waals surface area contributed by atoms with Crippen LogP contribution in [0.25, 0.3) is 17.2 Å². The number of alkyl carbamates (subject to hydrolysis) is 1. The molecule has 31 heavy (non-hydrogen) atoms. The molecule has 0 aliphatic heterocycles. The van der Waals surface area contributed by atoms with E-state index in [-0.39, 0.29) is 30.3 Å². The molecule has 0 heterocycles. The third-order valence-electron chi connectivity index (χ3n) is 5.35. The van der Waals surface area contributed by atoms with Gasteiger partial charge in [0.2, 0.25) is 0 Å². The normalized spacial score (nSPS) is 12.4. The standard InChI is InChI=1S/C25H22N2O4/c26-22-13-5-7-16(23(22)24(28)29)8-6-14-27-25(30)31-15-21-19-11-3-1-9-17(19)18-10-2-4-12-20(18)21/h1-13,21H,14-15,26H2,(H,27,30)(H,28,29). The molecule has 6 heteroatoms. The Kier molecular flexibility index (Phi) is 5.71. The molecule has 1 amide bonds. The molecule has 0 unspecified atom stereocenters. The number of amides is 1. The summed E-state index contributed by atoms with van der Waals surface area (Å²) in [5.41, 5.74) is 11.1. The highest BCUT2D eigenvalue weighted by Gasteiger charge is 2.28. The fraction of sp³-hybridized carbons (Fsp3) is 0.120. The van der Waals surface area contributed by atoms with Crippen molar-refractivity contribution in [1.82, 2.24) is 5.32 Å². The Morgan fingerprint density at radius 1 is 0.968 bits per heavy atom. The number of rotatable bonds is 6. The minimum absolute atomic E-state index is 0.000823. The van der Waals surface area contributed by atoms with Crippen LogP contribution in [0.15, 0.2) is 72.8 Å². The van der Waals surface area contributed by atoms with Gasteiger partial charge in [-0.1, -0.05) is 72.8 Å². The van der Waals surface area contributed by atoms with Gasteiger partial charge in [0.1, 0.15) is 6.61 Å². The minimum Gasteiger partial charge on any atom is -0.478 e. The number of fused-ring (bicyclic) bond motifs is 3. The lowest BCUT2D eigenvalue weighted by atomic mass is 9.98. The molecule has 3 aromatic carbocycles. The van der Waals surface area contributed by atoms with Gasteiger partial charge in [-0.25, -0.2) is 9.59 Å². The molecule has 0 saturated heterocycles. The van der Waals surface area contributed by atoms with Gasteiger partial charge in [-0.2, -0.15) is 0 Å². The predicted octanol–water partition coefficient (Wildman–Crippen LogP) is 4.52. The molecule has 0 atom stereocenters. The number of carboxylic acid groups (broad SMARTS) is 1. The summed E-state index contributed by atoms with van der Waals surface area (Å²) in [5, 5.41) is 12.0. The van der Waals surface area contributed by atoms with Crippen LogP contribution in [0.3, 0.4) is 0 Å². The van der Waals surface area contributed by atoms with E-state index in [1.54, 1.807) is 24.3 Å². The van der Waals surface area contributed by atoms with Crippen molar-refractivity contribution in [1.29, 1.82) is 0 Å². The van der Waals surface area contributed by atoms with Crippen molar-refractivity contribution >= 4 is 23.8 Å². The summed E-state index contributed by atoms with van der Waals surface area (Å²) >= 11 is 0. The van der Waals surface area contributed by atoms with Crippen LogP contribution in [0, 0.1) is 0 Å². The Bertz CT molecular complexity index is 1120. The number of aromatic carboxylic acids is 1. The summed E-state index contributed by atoms with van der Waals surface area (Å²) in [7, 11) is 0. The van der Waals surface area contributed by atoms with E-state index in [0.29, 0.717) is 5.56 Å². The van der Waals surface area contributed by atoms with E-state index in [2.05, 4.69) is 29.6 Å². The van der Waals surface area contributed by atoms with Gasteiger partial charge in [0.15, 0.2) is 0 Å². The molecule has 1 aliphatic rings. The van der Waals surface area contributed by atoms with Gasteiger partial charge in [0.25, 0.3) is 0 Å². The number of carboxylic acids is 1. The summed E-state index contributed by atoms with van der Waals surface area (Å²) in [4.78, 5) is 23.5. The summed E-state index contributed by atoms with van der Waals surface area (Å²) in [6.07, 6.45) is 2.74. The van der Waals surface area contributed by atoms with Crippen molar-refractivity contribution in [2.75, 3.05) is 18.9 Å². The van der Waals surface area contributed by atoms with Gasteiger partial charge < -0.3 is 20.9 Å². The molecule has 0 bridgehead atoms. The van der Waals surface area contributed by atoms with Crippen molar-refractivity contribution in [3.05, 3.63) is 95.1 Å². The molecule has 0 aromatic heterocycles. The fourth-order valence-corrected chi connectivity index (χ4v) is 3.95. The summed E-state index contributed by atoms with van der Waals surface area (Å²) in [5.74, 6) is -1.10. The van der Waals surface area contributed by atoms with Crippen molar-refractivity contribution < 1.29 is 19.4 Å². The van der Waals surface area contributed by atoms with Gasteiger partial charge in [0, 0.05) is 18.2 Å². The quantitative estimate of drug-likeness (QED) is 0.515. The number of benzene rings is 3. The summed E-state index contributed by atoms with van der Waals surface area (Å²) in [6, 6.07) is 21.2. The second kappa shape index (κ2) is 8.75. The first-order chi connectivity index (χ1) is 15.1. The van der Waals surface area contributed by atoms with Gasteiger partial charge in [-0.05, 0) is 33.9 Å². The molecular weight excluding hydrogens is 392 g/mol. The highest BCUT2D eigenvalue weighted by Crippen LogP contribution is 2.44. The third kappa shape index (κ3) is 4.14. The van der Waals surface area contributed by atoms with Gasteiger partial charge in [-0.15, -0.1) is 0 Å². The maximum Gasteiger partial charge on any atom is 0.407 e. The first-order valence-corrected chi connectivity index (χ1v) is 9.93. The van der Waals surface area contributed by atoms with Crippen LogP contribution in [0.1, 0.15) is 33.0 Å². The van der Waals surface area contributed by atoms with Crippen LogP contribution < -0.4 is 11.1 Å². The van der Waals surface area contributed by atoms with Crippen LogP contribution in [0.4, 0.5) is 10.5 Å². The second-order valence-corrected chi connectivity index (χ2v) is 7.23. The van der Waals surface area contributed by atoms with Crippen molar-refractivity contribution in [3.8, 4) is 11.1 Å². The number of nitrogens with one attached hydrogen (secondary N) is 1. The summed E-state index contributed by atoms with van der Waals surface area (Å²) < 4.78 is 5.47. The topological polar surface area (TPSA) is 102 Å². The number of hydrogen-bond acceptors (Lipinski definition) is 4. The van der Waals surface area contributed by atoms with E-state index >= 15 is 0 Å². The van der Waals surface area contributed by atoms with Crippen LogP contribution in [0.2, 0.25) is 0 Å². The molecule has 0 radical (unpaired) electrons. The lowest BCUT2D eigenvalue weighted by Crippen LogP contribution is -2.26. The fourth-order valence-electron chi connectivity index (χ4n) is 3.95. The first-order valence-electron chi connectivity index (χ1n) is 9.93. The van der Waals surface area contributed by atoms with E-state index in [4.69, 9.17) is 10.5 Å². The predicted molar refractivity (Wildman–Crippen MR) is 120 cm³/mol. The highest BCUT2D eigenvalue weighted by atomic mass is 16.5. The Morgan fingerprint density at radius 2 is 1.61 bits per heavy atom. The van der Waals surface area contributed by atoms with E-state index in [1.807, 2.05) is 24.3 Å². The van der Waals surface area contributed by atoms with Crippen LogP contribution in [0.5, 0.6) is 0 Å². The Labute approximate surface area is 180 Å². The highest BCUT2D eigenvalue weighted by molar-refractivity contribution is 5.97. The van der Waals surface area contributed by atoms with Gasteiger partial charge in [-0.3, -0.25) is 0 Å².